The zero-order chi connectivity index (χ0) is 12.3. The van der Waals surface area contributed by atoms with Gasteiger partial charge < -0.3 is 10.1 Å². The van der Waals surface area contributed by atoms with Crippen LogP contribution in [0.2, 0.25) is 0 Å². The summed E-state index contributed by atoms with van der Waals surface area (Å²) in [4.78, 5) is 0. The van der Waals surface area contributed by atoms with E-state index in [0.717, 1.165) is 31.4 Å². The quantitative estimate of drug-likeness (QED) is 0.817. The van der Waals surface area contributed by atoms with E-state index in [1.807, 2.05) is 12.1 Å². The third-order valence-electron chi connectivity index (χ3n) is 3.40. The first-order valence-corrected chi connectivity index (χ1v) is 6.48. The van der Waals surface area contributed by atoms with Gasteiger partial charge in [-0.2, -0.15) is 0 Å². The van der Waals surface area contributed by atoms with Gasteiger partial charge in [-0.15, -0.1) is 11.6 Å². The molecule has 1 aliphatic rings. The van der Waals surface area contributed by atoms with Crippen molar-refractivity contribution in [1.29, 1.82) is 5.41 Å². The fraction of sp³-hybridized carbons (Fsp3) is 0.500. The summed E-state index contributed by atoms with van der Waals surface area (Å²) < 4.78 is 5.22. The van der Waals surface area contributed by atoms with E-state index in [9.17, 15) is 0 Å². The molecule has 1 saturated carbocycles. The summed E-state index contributed by atoms with van der Waals surface area (Å²) in [7, 11) is 1.68. The zero-order valence-electron chi connectivity index (χ0n) is 10.1. The molecule has 0 aliphatic heterocycles. The van der Waals surface area contributed by atoms with Crippen LogP contribution in [-0.4, -0.2) is 18.2 Å². The zero-order valence-corrected chi connectivity index (χ0v) is 10.8. The summed E-state index contributed by atoms with van der Waals surface area (Å²) in [5, 5.41) is 7.72. The number of nitrogens with one attached hydrogen (secondary N) is 1. The van der Waals surface area contributed by atoms with E-state index < -0.39 is 0 Å². The molecule has 1 aromatic carbocycles. The highest BCUT2D eigenvalue weighted by Gasteiger charge is 2.27. The Balaban J connectivity index is 2.06. The minimum atomic E-state index is -0.0880. The Morgan fingerprint density at radius 1 is 1.47 bits per heavy atom. The number of benzene rings is 1. The van der Waals surface area contributed by atoms with Crippen molar-refractivity contribution >= 4 is 17.3 Å². The van der Waals surface area contributed by atoms with Crippen molar-refractivity contribution in [3.63, 3.8) is 0 Å². The SMILES string of the molecule is COc1cccc(CC2CCCC(=N)C2Cl)c1. The van der Waals surface area contributed by atoms with E-state index >= 15 is 0 Å². The first-order valence-electron chi connectivity index (χ1n) is 6.05. The summed E-state index contributed by atoms with van der Waals surface area (Å²) in [5.74, 6) is 1.28. The van der Waals surface area contributed by atoms with Gasteiger partial charge >= 0.3 is 0 Å². The van der Waals surface area contributed by atoms with E-state index in [1.54, 1.807) is 7.11 Å². The minimum Gasteiger partial charge on any atom is -0.497 e. The lowest BCUT2D eigenvalue weighted by atomic mass is 9.83. The van der Waals surface area contributed by atoms with E-state index in [1.165, 1.54) is 5.56 Å². The molecular weight excluding hydrogens is 234 g/mol. The molecule has 2 rings (SSSR count). The standard InChI is InChI=1S/C14H18ClNO/c1-17-12-6-2-4-10(9-12)8-11-5-3-7-13(16)14(11)15/h2,4,6,9,11,14,16H,3,5,7-8H2,1H3. The molecule has 2 atom stereocenters. The van der Waals surface area contributed by atoms with Gasteiger partial charge in [-0.05, 0) is 49.3 Å². The molecule has 1 aliphatic carbocycles. The van der Waals surface area contributed by atoms with Crippen LogP contribution in [0.15, 0.2) is 24.3 Å². The van der Waals surface area contributed by atoms with Crippen molar-refractivity contribution in [3.05, 3.63) is 29.8 Å². The van der Waals surface area contributed by atoms with Gasteiger partial charge in [0.25, 0.3) is 0 Å². The second kappa shape index (κ2) is 5.54. The van der Waals surface area contributed by atoms with E-state index in [-0.39, 0.29) is 5.38 Å². The Morgan fingerprint density at radius 2 is 2.29 bits per heavy atom. The molecular formula is C14H18ClNO. The number of rotatable bonds is 3. The molecule has 1 aromatic rings. The van der Waals surface area contributed by atoms with Crippen LogP contribution in [0.1, 0.15) is 24.8 Å². The van der Waals surface area contributed by atoms with Crippen molar-refractivity contribution in [1.82, 2.24) is 0 Å². The number of ether oxygens (including phenoxy) is 1. The van der Waals surface area contributed by atoms with Gasteiger partial charge in [-0.1, -0.05) is 12.1 Å². The lowest BCUT2D eigenvalue weighted by molar-refractivity contribution is 0.412. The molecule has 3 heteroatoms. The number of hydrogen-bond acceptors (Lipinski definition) is 2. The largest absolute Gasteiger partial charge is 0.497 e. The van der Waals surface area contributed by atoms with Crippen LogP contribution in [0, 0.1) is 11.3 Å². The van der Waals surface area contributed by atoms with Gasteiger partial charge in [-0.3, -0.25) is 0 Å². The van der Waals surface area contributed by atoms with Gasteiger partial charge in [0.15, 0.2) is 0 Å². The first kappa shape index (κ1) is 12.4. The van der Waals surface area contributed by atoms with Crippen LogP contribution >= 0.6 is 11.6 Å². The Bertz CT molecular complexity index is 405. The Hall–Kier alpha value is -1.02. The van der Waals surface area contributed by atoms with Gasteiger partial charge in [-0.25, -0.2) is 0 Å². The molecule has 0 amide bonds. The van der Waals surface area contributed by atoms with Crippen LogP contribution in [0.3, 0.4) is 0 Å². The van der Waals surface area contributed by atoms with Crippen molar-refractivity contribution in [2.75, 3.05) is 7.11 Å². The van der Waals surface area contributed by atoms with Crippen molar-refractivity contribution < 1.29 is 4.74 Å². The smallest absolute Gasteiger partial charge is 0.119 e. The summed E-state index contributed by atoms with van der Waals surface area (Å²) in [6.07, 6.45) is 4.01. The molecule has 17 heavy (non-hydrogen) atoms. The summed E-state index contributed by atoms with van der Waals surface area (Å²) in [6, 6.07) is 8.11. The number of halogens is 1. The maximum absolute atomic E-state index is 7.81. The fourth-order valence-corrected chi connectivity index (χ4v) is 2.76. The molecule has 2 unspecified atom stereocenters. The molecule has 0 heterocycles. The second-order valence-corrected chi connectivity index (χ2v) is 5.11. The number of methoxy groups -OCH3 is 1. The topological polar surface area (TPSA) is 33.1 Å². The van der Waals surface area contributed by atoms with Crippen molar-refractivity contribution in [2.45, 2.75) is 31.1 Å². The molecule has 1 fully saturated rings. The second-order valence-electron chi connectivity index (χ2n) is 4.63. The van der Waals surface area contributed by atoms with E-state index in [0.29, 0.717) is 11.6 Å². The molecule has 92 valence electrons. The van der Waals surface area contributed by atoms with Gasteiger partial charge in [0.05, 0.1) is 12.5 Å². The fourth-order valence-electron chi connectivity index (χ4n) is 2.43. The predicted molar refractivity (Wildman–Crippen MR) is 71.4 cm³/mol. The lowest BCUT2D eigenvalue weighted by Gasteiger charge is -2.27. The Kier molecular flexibility index (Phi) is 4.06. The maximum atomic E-state index is 7.81. The number of alkyl halides is 1. The normalized spacial score (nSPS) is 24.7. The van der Waals surface area contributed by atoms with Crippen LogP contribution < -0.4 is 4.74 Å². The van der Waals surface area contributed by atoms with Crippen LogP contribution in [-0.2, 0) is 6.42 Å². The molecule has 2 nitrogen and oxygen atoms in total. The highest BCUT2D eigenvalue weighted by atomic mass is 35.5. The average molecular weight is 252 g/mol. The first-order chi connectivity index (χ1) is 8.20. The third-order valence-corrected chi connectivity index (χ3v) is 4.02. The average Bonchev–Trinajstić information content (AvgIpc) is 2.35. The maximum Gasteiger partial charge on any atom is 0.119 e. The molecule has 0 aromatic heterocycles. The van der Waals surface area contributed by atoms with Crippen LogP contribution in [0.25, 0.3) is 0 Å². The predicted octanol–water partition coefficient (Wildman–Crippen LogP) is 3.66. The van der Waals surface area contributed by atoms with Crippen LogP contribution in [0.5, 0.6) is 5.75 Å². The monoisotopic (exact) mass is 251 g/mol. The van der Waals surface area contributed by atoms with E-state index in [4.69, 9.17) is 21.7 Å². The van der Waals surface area contributed by atoms with Crippen molar-refractivity contribution in [2.24, 2.45) is 5.92 Å². The van der Waals surface area contributed by atoms with Gasteiger partial charge in [0.2, 0.25) is 0 Å². The summed E-state index contributed by atoms with van der Waals surface area (Å²) in [6.45, 7) is 0. The molecule has 0 spiro atoms. The molecule has 0 radical (unpaired) electrons. The molecule has 0 bridgehead atoms. The van der Waals surface area contributed by atoms with Gasteiger partial charge in [0.1, 0.15) is 5.75 Å². The highest BCUT2D eigenvalue weighted by molar-refractivity contribution is 6.32. The third kappa shape index (κ3) is 3.01. The minimum absolute atomic E-state index is 0.0880. The van der Waals surface area contributed by atoms with Crippen molar-refractivity contribution in [3.8, 4) is 5.75 Å². The van der Waals surface area contributed by atoms with Gasteiger partial charge in [0, 0.05) is 5.71 Å². The Labute approximate surface area is 107 Å². The molecule has 0 saturated heterocycles. The highest BCUT2D eigenvalue weighted by Crippen LogP contribution is 2.30. The Morgan fingerprint density at radius 3 is 3.06 bits per heavy atom. The molecule has 1 N–H and O–H groups in total. The summed E-state index contributed by atoms with van der Waals surface area (Å²) in [5.41, 5.74) is 1.94. The number of hydrogen-bond donors (Lipinski definition) is 1. The van der Waals surface area contributed by atoms with Crippen LogP contribution in [0.4, 0.5) is 0 Å². The summed E-state index contributed by atoms with van der Waals surface area (Å²) >= 11 is 6.30. The lowest BCUT2D eigenvalue weighted by Crippen LogP contribution is -2.30. The van der Waals surface area contributed by atoms with E-state index in [2.05, 4.69) is 12.1 Å².